The smallest absolute Gasteiger partial charge is 0.336 e. The van der Waals surface area contributed by atoms with Crippen LogP contribution in [0.5, 0.6) is 6.01 Å². The Morgan fingerprint density at radius 2 is 2.22 bits per heavy atom. The van der Waals surface area contributed by atoms with Crippen LogP contribution in [0.1, 0.15) is 10.4 Å². The molecular formula is C10H8F2N4O2. The largest absolute Gasteiger partial charge is 0.466 e. The Bertz CT molecular complexity index is 585. The second-order valence-corrected chi connectivity index (χ2v) is 3.23. The molecule has 0 atom stereocenters. The molecular weight excluding hydrogens is 246 g/mol. The summed E-state index contributed by atoms with van der Waals surface area (Å²) in [5.74, 6) is -3.19. The zero-order valence-electron chi connectivity index (χ0n) is 9.20. The zero-order valence-corrected chi connectivity index (χ0v) is 9.20. The Labute approximate surface area is 100.0 Å². The van der Waals surface area contributed by atoms with Gasteiger partial charge < -0.3 is 4.74 Å². The van der Waals surface area contributed by atoms with E-state index in [9.17, 15) is 13.6 Å². The third kappa shape index (κ3) is 2.26. The van der Waals surface area contributed by atoms with E-state index in [0.29, 0.717) is 0 Å². The maximum atomic E-state index is 13.3. The van der Waals surface area contributed by atoms with Crippen molar-refractivity contribution in [2.45, 2.75) is 0 Å². The van der Waals surface area contributed by atoms with E-state index in [1.54, 1.807) is 0 Å². The summed E-state index contributed by atoms with van der Waals surface area (Å²) in [7, 11) is 1.35. The SMILES string of the molecule is COc1n[nH]c(NC(=O)c2cccc(F)c2F)n1. The minimum atomic E-state index is -1.22. The normalized spacial score (nSPS) is 10.2. The molecule has 1 aromatic heterocycles. The van der Waals surface area contributed by atoms with Crippen LogP contribution in [0.3, 0.4) is 0 Å². The average Bonchev–Trinajstić information content (AvgIpc) is 2.80. The second kappa shape index (κ2) is 4.78. The van der Waals surface area contributed by atoms with Gasteiger partial charge in [-0.2, -0.15) is 4.98 Å². The second-order valence-electron chi connectivity index (χ2n) is 3.23. The van der Waals surface area contributed by atoms with Gasteiger partial charge in [-0.3, -0.25) is 10.1 Å². The predicted octanol–water partition coefficient (Wildman–Crippen LogP) is 1.34. The number of H-pyrrole nitrogens is 1. The van der Waals surface area contributed by atoms with Crippen LogP contribution >= 0.6 is 0 Å². The maximum absolute atomic E-state index is 13.3. The van der Waals surface area contributed by atoms with Crippen LogP contribution in [0.4, 0.5) is 14.7 Å². The number of methoxy groups -OCH3 is 1. The number of carbonyl (C=O) groups excluding carboxylic acids is 1. The van der Waals surface area contributed by atoms with E-state index < -0.39 is 23.1 Å². The molecule has 0 aliphatic carbocycles. The summed E-state index contributed by atoms with van der Waals surface area (Å²) in [6.07, 6.45) is 0. The number of carbonyl (C=O) groups is 1. The molecule has 0 spiro atoms. The molecule has 0 unspecified atom stereocenters. The monoisotopic (exact) mass is 254 g/mol. The van der Waals surface area contributed by atoms with Crippen LogP contribution in [0.15, 0.2) is 18.2 Å². The van der Waals surface area contributed by atoms with Crippen LogP contribution in [-0.4, -0.2) is 28.2 Å². The number of benzene rings is 1. The quantitative estimate of drug-likeness (QED) is 0.866. The molecule has 0 saturated heterocycles. The lowest BCUT2D eigenvalue weighted by Gasteiger charge is -2.02. The van der Waals surface area contributed by atoms with Crippen LogP contribution in [0.25, 0.3) is 0 Å². The minimum Gasteiger partial charge on any atom is -0.466 e. The Kier molecular flexibility index (Phi) is 3.18. The molecule has 1 aromatic carbocycles. The molecule has 1 heterocycles. The van der Waals surface area contributed by atoms with E-state index in [-0.39, 0.29) is 12.0 Å². The Morgan fingerprint density at radius 1 is 1.44 bits per heavy atom. The predicted molar refractivity (Wildman–Crippen MR) is 57.2 cm³/mol. The lowest BCUT2D eigenvalue weighted by molar-refractivity contribution is 0.102. The first-order valence-electron chi connectivity index (χ1n) is 4.83. The lowest BCUT2D eigenvalue weighted by Crippen LogP contribution is -2.15. The summed E-state index contributed by atoms with van der Waals surface area (Å²) in [6.45, 7) is 0. The summed E-state index contributed by atoms with van der Waals surface area (Å²) in [6, 6.07) is 3.32. The molecule has 0 bridgehead atoms. The first-order valence-corrected chi connectivity index (χ1v) is 4.83. The molecule has 2 rings (SSSR count). The average molecular weight is 254 g/mol. The number of nitrogens with zero attached hydrogens (tertiary/aromatic N) is 2. The maximum Gasteiger partial charge on any atom is 0.336 e. The van der Waals surface area contributed by atoms with Gasteiger partial charge in [-0.15, -0.1) is 5.10 Å². The van der Waals surface area contributed by atoms with E-state index in [1.165, 1.54) is 13.2 Å². The number of aromatic amines is 1. The van der Waals surface area contributed by atoms with Crippen molar-refractivity contribution >= 4 is 11.9 Å². The number of ether oxygens (including phenoxy) is 1. The van der Waals surface area contributed by atoms with Crippen molar-refractivity contribution < 1.29 is 18.3 Å². The standard InChI is InChI=1S/C10H8F2N4O2/c1-18-10-14-9(15-16-10)13-8(17)5-3-2-4-6(11)7(5)12/h2-4H,1H3,(H2,13,14,15,16,17). The highest BCUT2D eigenvalue weighted by molar-refractivity contribution is 6.03. The van der Waals surface area contributed by atoms with Gasteiger partial charge in [-0.1, -0.05) is 6.07 Å². The zero-order chi connectivity index (χ0) is 13.1. The number of halogens is 2. The summed E-state index contributed by atoms with van der Waals surface area (Å²) >= 11 is 0. The van der Waals surface area contributed by atoms with Gasteiger partial charge in [0.25, 0.3) is 5.91 Å². The molecule has 2 aromatic rings. The van der Waals surface area contributed by atoms with Gasteiger partial charge in [-0.05, 0) is 12.1 Å². The van der Waals surface area contributed by atoms with Crippen LogP contribution < -0.4 is 10.1 Å². The van der Waals surface area contributed by atoms with Gasteiger partial charge in [-0.25, -0.2) is 13.9 Å². The molecule has 18 heavy (non-hydrogen) atoms. The van der Waals surface area contributed by atoms with Crippen molar-refractivity contribution in [1.82, 2.24) is 15.2 Å². The van der Waals surface area contributed by atoms with Crippen molar-refractivity contribution in [3.63, 3.8) is 0 Å². The number of hydrogen-bond acceptors (Lipinski definition) is 4. The van der Waals surface area contributed by atoms with Crippen LogP contribution in [-0.2, 0) is 0 Å². The van der Waals surface area contributed by atoms with Gasteiger partial charge in [0, 0.05) is 0 Å². The molecule has 0 saturated carbocycles. The van der Waals surface area contributed by atoms with E-state index in [1.807, 2.05) is 0 Å². The number of aromatic nitrogens is 3. The molecule has 0 aliphatic rings. The topological polar surface area (TPSA) is 79.9 Å². The Morgan fingerprint density at radius 3 is 2.89 bits per heavy atom. The first kappa shape index (κ1) is 12.0. The third-order valence-electron chi connectivity index (χ3n) is 2.08. The number of amides is 1. The van der Waals surface area contributed by atoms with Gasteiger partial charge >= 0.3 is 6.01 Å². The fourth-order valence-corrected chi connectivity index (χ4v) is 1.25. The van der Waals surface area contributed by atoms with Crippen molar-refractivity contribution in [2.24, 2.45) is 0 Å². The van der Waals surface area contributed by atoms with Crippen molar-refractivity contribution in [3.05, 3.63) is 35.4 Å². The van der Waals surface area contributed by atoms with Crippen molar-refractivity contribution in [1.29, 1.82) is 0 Å². The van der Waals surface area contributed by atoms with Crippen LogP contribution in [0, 0.1) is 11.6 Å². The van der Waals surface area contributed by atoms with Gasteiger partial charge in [0.2, 0.25) is 5.95 Å². The Hall–Kier alpha value is -2.51. The van der Waals surface area contributed by atoms with Gasteiger partial charge in [0.1, 0.15) is 0 Å². The number of hydrogen-bond donors (Lipinski definition) is 2. The highest BCUT2D eigenvalue weighted by Crippen LogP contribution is 2.13. The van der Waals surface area contributed by atoms with Crippen LogP contribution in [0.2, 0.25) is 0 Å². The van der Waals surface area contributed by atoms with E-state index >= 15 is 0 Å². The van der Waals surface area contributed by atoms with Crippen molar-refractivity contribution in [3.8, 4) is 6.01 Å². The Balaban J connectivity index is 2.19. The summed E-state index contributed by atoms with van der Waals surface area (Å²) < 4.78 is 30.9. The molecule has 0 radical (unpaired) electrons. The highest BCUT2D eigenvalue weighted by atomic mass is 19.2. The van der Waals surface area contributed by atoms with E-state index in [0.717, 1.165) is 12.1 Å². The van der Waals surface area contributed by atoms with Gasteiger partial charge in [0.15, 0.2) is 11.6 Å². The molecule has 0 fully saturated rings. The fraction of sp³-hybridized carbons (Fsp3) is 0.100. The summed E-state index contributed by atoms with van der Waals surface area (Å²) in [5, 5.41) is 8.16. The lowest BCUT2D eigenvalue weighted by atomic mass is 10.2. The van der Waals surface area contributed by atoms with E-state index in [4.69, 9.17) is 0 Å². The van der Waals surface area contributed by atoms with E-state index in [2.05, 4.69) is 25.2 Å². The van der Waals surface area contributed by atoms with Crippen molar-refractivity contribution in [2.75, 3.05) is 12.4 Å². The molecule has 6 nitrogen and oxygen atoms in total. The summed E-state index contributed by atoms with van der Waals surface area (Å²) in [4.78, 5) is 15.3. The number of rotatable bonds is 3. The summed E-state index contributed by atoms with van der Waals surface area (Å²) in [5.41, 5.74) is -0.426. The minimum absolute atomic E-state index is 0.0185. The number of anilines is 1. The first-order chi connectivity index (χ1) is 8.61. The molecule has 2 N–H and O–H groups in total. The number of nitrogens with one attached hydrogen (secondary N) is 2. The molecule has 1 amide bonds. The third-order valence-corrected chi connectivity index (χ3v) is 2.08. The van der Waals surface area contributed by atoms with Gasteiger partial charge in [0.05, 0.1) is 12.7 Å². The molecule has 94 valence electrons. The fourth-order valence-electron chi connectivity index (χ4n) is 1.25. The molecule has 0 aliphatic heterocycles. The molecule has 8 heteroatoms. The highest BCUT2D eigenvalue weighted by Gasteiger charge is 2.16.